The lowest BCUT2D eigenvalue weighted by Gasteiger charge is -2.25. The van der Waals surface area contributed by atoms with E-state index >= 15 is 0 Å². The van der Waals surface area contributed by atoms with Gasteiger partial charge in [-0.05, 0) is 25.0 Å². The van der Waals surface area contributed by atoms with Crippen molar-refractivity contribution in [2.24, 2.45) is 0 Å². The van der Waals surface area contributed by atoms with Crippen LogP contribution in [0.1, 0.15) is 37.2 Å². The Morgan fingerprint density at radius 2 is 0.964 bits per heavy atom. The van der Waals surface area contributed by atoms with Gasteiger partial charge in [0.05, 0.1) is 0 Å². The van der Waals surface area contributed by atoms with E-state index in [2.05, 4.69) is 0 Å². The molecule has 0 saturated heterocycles. The number of carbonyl (C=O) groups is 2. The lowest BCUT2D eigenvalue weighted by Crippen LogP contribution is -2.34. The minimum Gasteiger partial charge on any atom is -0.457 e. The average molecular weight is 386 g/mol. The van der Waals surface area contributed by atoms with Gasteiger partial charge < -0.3 is 18.9 Å². The van der Waals surface area contributed by atoms with Crippen molar-refractivity contribution >= 4 is 11.9 Å². The van der Waals surface area contributed by atoms with Crippen LogP contribution < -0.4 is 0 Å². The molecule has 0 N–H and O–H groups in total. The molecule has 0 spiro atoms. The molecular formula is C22H26O6. The summed E-state index contributed by atoms with van der Waals surface area (Å²) in [6.45, 7) is 3.33. The lowest BCUT2D eigenvalue weighted by atomic mass is 10.1. The predicted molar refractivity (Wildman–Crippen MR) is 103 cm³/mol. The zero-order valence-electron chi connectivity index (χ0n) is 16.5. The minimum absolute atomic E-state index is 0.546. The highest BCUT2D eigenvalue weighted by Gasteiger charge is 2.29. The molecule has 0 amide bonds. The summed E-state index contributed by atoms with van der Waals surface area (Å²) in [6.07, 6.45) is -3.01. The Hall–Kier alpha value is -2.70. The number of benzene rings is 2. The largest absolute Gasteiger partial charge is 0.457 e. The quantitative estimate of drug-likeness (QED) is 0.613. The molecule has 0 saturated carbocycles. The molecule has 0 aliphatic heterocycles. The maximum absolute atomic E-state index is 12.5. The summed E-state index contributed by atoms with van der Waals surface area (Å²) in [5.74, 6) is -1.09. The van der Waals surface area contributed by atoms with Gasteiger partial charge in [-0.3, -0.25) is 0 Å². The van der Waals surface area contributed by atoms with E-state index in [0.29, 0.717) is 11.1 Å². The fraction of sp³-hybridized carbons (Fsp3) is 0.364. The summed E-state index contributed by atoms with van der Waals surface area (Å²) in [7, 11) is 2.88. The minimum atomic E-state index is -0.845. The maximum atomic E-state index is 12.5. The van der Waals surface area contributed by atoms with E-state index in [4.69, 9.17) is 18.9 Å². The first-order valence-electron chi connectivity index (χ1n) is 9.04. The number of hydrogen-bond acceptors (Lipinski definition) is 6. The third-order valence-electron chi connectivity index (χ3n) is 4.37. The number of esters is 2. The molecule has 0 heterocycles. The van der Waals surface area contributed by atoms with Crippen LogP contribution in [-0.4, -0.2) is 38.4 Å². The van der Waals surface area contributed by atoms with Gasteiger partial charge in [-0.15, -0.1) is 0 Å². The Bertz CT molecular complexity index is 681. The van der Waals surface area contributed by atoms with Crippen LogP contribution in [0, 0.1) is 0 Å². The van der Waals surface area contributed by atoms with Crippen molar-refractivity contribution in [2.75, 3.05) is 14.2 Å². The van der Waals surface area contributed by atoms with Crippen LogP contribution in [0.15, 0.2) is 60.7 Å². The normalized spacial score (nSPS) is 15.1. The second kappa shape index (κ2) is 10.6. The molecule has 2 rings (SSSR count). The van der Waals surface area contributed by atoms with Crippen molar-refractivity contribution in [1.29, 1.82) is 0 Å². The molecule has 28 heavy (non-hydrogen) atoms. The Labute approximate surface area is 165 Å². The topological polar surface area (TPSA) is 71.1 Å². The second-order valence-corrected chi connectivity index (χ2v) is 6.34. The van der Waals surface area contributed by atoms with E-state index in [1.165, 1.54) is 14.2 Å². The Morgan fingerprint density at radius 1 is 0.643 bits per heavy atom. The van der Waals surface area contributed by atoms with E-state index in [9.17, 15) is 9.59 Å². The third-order valence-corrected chi connectivity index (χ3v) is 4.37. The summed E-state index contributed by atoms with van der Waals surface area (Å²) in [4.78, 5) is 24.9. The highest BCUT2D eigenvalue weighted by molar-refractivity contribution is 5.77. The Morgan fingerprint density at radius 3 is 1.25 bits per heavy atom. The Balaban J connectivity index is 1.97. The second-order valence-electron chi connectivity index (χ2n) is 6.34. The van der Waals surface area contributed by atoms with Crippen molar-refractivity contribution in [3.05, 3.63) is 71.8 Å². The van der Waals surface area contributed by atoms with Gasteiger partial charge in [0.1, 0.15) is 12.2 Å². The zero-order valence-corrected chi connectivity index (χ0v) is 16.5. The molecular weight excluding hydrogens is 360 g/mol. The highest BCUT2D eigenvalue weighted by Crippen LogP contribution is 2.22. The molecule has 2 aromatic rings. The lowest BCUT2D eigenvalue weighted by molar-refractivity contribution is -0.178. The molecule has 0 bridgehead atoms. The highest BCUT2D eigenvalue weighted by atomic mass is 16.6. The van der Waals surface area contributed by atoms with Crippen LogP contribution in [0.2, 0.25) is 0 Å². The van der Waals surface area contributed by atoms with Crippen LogP contribution in [0.25, 0.3) is 0 Å². The first-order valence-corrected chi connectivity index (χ1v) is 9.04. The van der Waals surface area contributed by atoms with Gasteiger partial charge in [0, 0.05) is 14.2 Å². The fourth-order valence-electron chi connectivity index (χ4n) is 2.67. The third kappa shape index (κ3) is 5.65. The van der Waals surface area contributed by atoms with Crippen LogP contribution in [0.3, 0.4) is 0 Å². The number of rotatable bonds is 9. The summed E-state index contributed by atoms with van der Waals surface area (Å²) in [5, 5.41) is 0. The molecule has 0 aromatic heterocycles. The zero-order chi connectivity index (χ0) is 20.5. The molecule has 4 atom stereocenters. The van der Waals surface area contributed by atoms with Gasteiger partial charge in [0.25, 0.3) is 0 Å². The van der Waals surface area contributed by atoms with Crippen LogP contribution in [0.5, 0.6) is 0 Å². The van der Waals surface area contributed by atoms with Gasteiger partial charge in [-0.1, -0.05) is 60.7 Å². The molecule has 0 radical (unpaired) electrons. The van der Waals surface area contributed by atoms with Crippen molar-refractivity contribution in [3.8, 4) is 0 Å². The van der Waals surface area contributed by atoms with Gasteiger partial charge in [-0.2, -0.15) is 0 Å². The van der Waals surface area contributed by atoms with Gasteiger partial charge in [-0.25, -0.2) is 9.59 Å². The summed E-state index contributed by atoms with van der Waals surface area (Å²) in [6, 6.07) is 18.1. The van der Waals surface area contributed by atoms with Crippen LogP contribution in [0.4, 0.5) is 0 Å². The average Bonchev–Trinajstić information content (AvgIpc) is 2.70. The van der Waals surface area contributed by atoms with Crippen molar-refractivity contribution in [3.63, 3.8) is 0 Å². The first-order chi connectivity index (χ1) is 13.5. The molecule has 2 aromatic carbocycles. The first kappa shape index (κ1) is 21.6. The smallest absolute Gasteiger partial charge is 0.340 e. The Kier molecular flexibility index (Phi) is 8.17. The van der Waals surface area contributed by atoms with Crippen LogP contribution >= 0.6 is 0 Å². The molecule has 150 valence electrons. The molecule has 0 unspecified atom stereocenters. The number of hydrogen-bond donors (Lipinski definition) is 0. The van der Waals surface area contributed by atoms with Gasteiger partial charge in [0.2, 0.25) is 0 Å². The summed E-state index contributed by atoms with van der Waals surface area (Å²) >= 11 is 0. The maximum Gasteiger partial charge on any atom is 0.340 e. The van der Waals surface area contributed by atoms with Crippen molar-refractivity contribution in [2.45, 2.75) is 38.3 Å². The van der Waals surface area contributed by atoms with Gasteiger partial charge >= 0.3 is 11.9 Å². The van der Waals surface area contributed by atoms with Crippen LogP contribution in [-0.2, 0) is 28.5 Å². The molecule has 6 heteroatoms. The van der Waals surface area contributed by atoms with E-state index < -0.39 is 36.4 Å². The van der Waals surface area contributed by atoms with E-state index in [-0.39, 0.29) is 0 Å². The van der Waals surface area contributed by atoms with Crippen molar-refractivity contribution < 1.29 is 28.5 Å². The number of methoxy groups -OCH3 is 2. The van der Waals surface area contributed by atoms with Gasteiger partial charge in [0.15, 0.2) is 12.2 Å². The fourth-order valence-corrected chi connectivity index (χ4v) is 2.67. The van der Waals surface area contributed by atoms with E-state index in [0.717, 1.165) is 0 Å². The predicted octanol–water partition coefficient (Wildman–Crippen LogP) is 3.63. The molecule has 6 nitrogen and oxygen atoms in total. The monoisotopic (exact) mass is 386 g/mol. The SMILES string of the molecule is CO[C@@H](C(=O)O[C@@H](C)[C@H](C)OC(=O)[C@H](OC)c1ccccc1)c1ccccc1. The van der Waals surface area contributed by atoms with E-state index in [1.54, 1.807) is 38.1 Å². The van der Waals surface area contributed by atoms with Crippen molar-refractivity contribution in [1.82, 2.24) is 0 Å². The number of carbonyl (C=O) groups excluding carboxylic acids is 2. The summed E-state index contributed by atoms with van der Waals surface area (Å²) in [5.41, 5.74) is 1.38. The molecule has 0 fully saturated rings. The standard InChI is InChI=1S/C22H26O6/c1-15(27-21(23)19(25-3)17-11-7-5-8-12-17)16(2)28-22(24)20(26-4)18-13-9-6-10-14-18/h5-16,19-20H,1-4H3/t15-,16-,19+,20+/m0/s1. The molecule has 0 aliphatic rings. The van der Waals surface area contributed by atoms with E-state index in [1.807, 2.05) is 36.4 Å². The molecule has 0 aliphatic carbocycles. The number of ether oxygens (including phenoxy) is 4. The summed E-state index contributed by atoms with van der Waals surface area (Å²) < 4.78 is 21.5.